The van der Waals surface area contributed by atoms with Gasteiger partial charge in [0.15, 0.2) is 11.5 Å². The molecule has 0 fully saturated rings. The Morgan fingerprint density at radius 1 is 1.05 bits per heavy atom. The SMILES string of the molecule is CCCNC(=O)CN1C(=O)CS[C@@H](c2ccc(OC)c(OC)c2)c2c(-c3ccccc3)nn(-c3ccc(F)cc3)c21. The number of carbonyl (C=O) groups is 2. The van der Waals surface area contributed by atoms with Gasteiger partial charge in [0, 0.05) is 17.7 Å². The number of anilines is 1. The number of hydrogen-bond donors (Lipinski definition) is 1. The molecule has 2 heterocycles. The third kappa shape index (κ3) is 5.78. The van der Waals surface area contributed by atoms with Gasteiger partial charge in [-0.15, -0.1) is 11.8 Å². The molecule has 8 nitrogen and oxygen atoms in total. The van der Waals surface area contributed by atoms with Gasteiger partial charge in [-0.3, -0.25) is 14.5 Å². The van der Waals surface area contributed by atoms with Crippen LogP contribution in [-0.4, -0.2) is 54.7 Å². The van der Waals surface area contributed by atoms with E-state index in [0.29, 0.717) is 35.2 Å². The van der Waals surface area contributed by atoms with Crippen molar-refractivity contribution in [3.63, 3.8) is 0 Å². The molecule has 1 aromatic heterocycles. The van der Waals surface area contributed by atoms with E-state index in [9.17, 15) is 14.0 Å². The minimum Gasteiger partial charge on any atom is -0.493 e. The third-order valence-corrected chi connectivity index (χ3v) is 8.05. The molecule has 1 N–H and O–H groups in total. The summed E-state index contributed by atoms with van der Waals surface area (Å²) < 4.78 is 26.7. The minimum absolute atomic E-state index is 0.131. The molecule has 4 aromatic rings. The number of rotatable bonds is 9. The summed E-state index contributed by atoms with van der Waals surface area (Å²) in [5.74, 6) is 0.864. The second-order valence-corrected chi connectivity index (χ2v) is 10.6. The molecule has 2 amide bonds. The Balaban J connectivity index is 1.78. The molecule has 0 spiro atoms. The summed E-state index contributed by atoms with van der Waals surface area (Å²) >= 11 is 1.46. The smallest absolute Gasteiger partial charge is 0.240 e. The molecule has 212 valence electrons. The van der Waals surface area contributed by atoms with Crippen molar-refractivity contribution < 1.29 is 23.5 Å². The highest BCUT2D eigenvalue weighted by molar-refractivity contribution is 8.00. The molecule has 0 unspecified atom stereocenters. The highest BCUT2D eigenvalue weighted by atomic mass is 32.2. The summed E-state index contributed by atoms with van der Waals surface area (Å²) in [6, 6.07) is 21.3. The van der Waals surface area contributed by atoms with Gasteiger partial charge in [-0.2, -0.15) is 5.10 Å². The van der Waals surface area contributed by atoms with Crippen molar-refractivity contribution >= 4 is 29.4 Å². The molecule has 5 rings (SSSR count). The first-order chi connectivity index (χ1) is 19.9. The Kier molecular flexibility index (Phi) is 8.58. The van der Waals surface area contributed by atoms with Crippen molar-refractivity contribution in [3.8, 4) is 28.4 Å². The molecule has 3 aromatic carbocycles. The van der Waals surface area contributed by atoms with Gasteiger partial charge in [0.2, 0.25) is 11.8 Å². The van der Waals surface area contributed by atoms with Crippen LogP contribution in [0.1, 0.15) is 29.7 Å². The van der Waals surface area contributed by atoms with E-state index in [4.69, 9.17) is 14.6 Å². The average molecular weight is 575 g/mol. The van der Waals surface area contributed by atoms with Crippen LogP contribution in [0, 0.1) is 5.82 Å². The second-order valence-electron chi connectivity index (χ2n) is 9.48. The standard InChI is InChI=1S/C31H31FN4O4S/c1-4-16-33-26(37)18-35-27(38)19-41-30(21-10-15-24(39-2)25(17-21)40-3)28-29(20-8-6-5-7-9-20)34-36(31(28)35)23-13-11-22(32)12-14-23/h5-15,17,30H,4,16,18-19H2,1-3H3,(H,33,37)/t30-/m0/s1. The van der Waals surface area contributed by atoms with Gasteiger partial charge in [-0.05, 0) is 48.4 Å². The van der Waals surface area contributed by atoms with Crippen LogP contribution in [0.25, 0.3) is 16.9 Å². The van der Waals surface area contributed by atoms with Gasteiger partial charge in [0.05, 0.1) is 36.6 Å². The monoisotopic (exact) mass is 574 g/mol. The van der Waals surface area contributed by atoms with E-state index in [2.05, 4.69) is 5.32 Å². The molecule has 0 bridgehead atoms. The maximum atomic E-state index is 13.9. The number of ether oxygens (including phenoxy) is 2. The van der Waals surface area contributed by atoms with E-state index in [1.54, 1.807) is 31.0 Å². The van der Waals surface area contributed by atoms with E-state index >= 15 is 0 Å². The Bertz CT molecular complexity index is 1540. The quantitative estimate of drug-likeness (QED) is 0.289. The number of halogens is 1. The summed E-state index contributed by atoms with van der Waals surface area (Å²) in [5.41, 5.74) is 3.72. The number of fused-ring (bicyclic) bond motifs is 1. The minimum atomic E-state index is -0.388. The van der Waals surface area contributed by atoms with E-state index in [-0.39, 0.29) is 35.2 Å². The zero-order chi connectivity index (χ0) is 28.9. The van der Waals surface area contributed by atoms with E-state index in [1.807, 2.05) is 55.5 Å². The topological polar surface area (TPSA) is 85.7 Å². The Hall–Kier alpha value is -4.31. The number of nitrogens with zero attached hydrogens (tertiary/aromatic N) is 3. The Morgan fingerprint density at radius 3 is 2.46 bits per heavy atom. The fraction of sp³-hybridized carbons (Fsp3) is 0.258. The summed E-state index contributed by atoms with van der Waals surface area (Å²) in [7, 11) is 3.16. The number of thioether (sulfide) groups is 1. The van der Waals surface area contributed by atoms with E-state index in [0.717, 1.165) is 23.1 Å². The van der Waals surface area contributed by atoms with Crippen LogP contribution in [0.2, 0.25) is 0 Å². The summed E-state index contributed by atoms with van der Waals surface area (Å²) in [6.45, 7) is 2.30. The van der Waals surface area contributed by atoms with Gasteiger partial charge in [-0.25, -0.2) is 9.07 Å². The van der Waals surface area contributed by atoms with Crippen molar-refractivity contribution in [3.05, 3.63) is 89.7 Å². The number of benzene rings is 3. The van der Waals surface area contributed by atoms with Crippen LogP contribution in [0.3, 0.4) is 0 Å². The molecule has 10 heteroatoms. The summed E-state index contributed by atoms with van der Waals surface area (Å²) in [5, 5.41) is 7.54. The lowest BCUT2D eigenvalue weighted by molar-refractivity contribution is -0.122. The van der Waals surface area contributed by atoms with Crippen molar-refractivity contribution in [2.75, 3.05) is 38.0 Å². The summed E-state index contributed by atoms with van der Waals surface area (Å²) in [6.07, 6.45) is 0.772. The zero-order valence-electron chi connectivity index (χ0n) is 23.1. The van der Waals surface area contributed by atoms with Crippen LogP contribution in [0.4, 0.5) is 10.2 Å². The van der Waals surface area contributed by atoms with Crippen LogP contribution in [-0.2, 0) is 9.59 Å². The van der Waals surface area contributed by atoms with Crippen LogP contribution >= 0.6 is 11.8 Å². The molecule has 1 atom stereocenters. The molecule has 0 saturated heterocycles. The largest absolute Gasteiger partial charge is 0.493 e. The number of methoxy groups -OCH3 is 2. The van der Waals surface area contributed by atoms with E-state index < -0.39 is 0 Å². The number of amides is 2. The number of carbonyl (C=O) groups excluding carboxylic acids is 2. The number of nitrogens with one attached hydrogen (secondary N) is 1. The lowest BCUT2D eigenvalue weighted by Crippen LogP contribution is -2.42. The van der Waals surface area contributed by atoms with Crippen molar-refractivity contribution in [1.29, 1.82) is 0 Å². The first kappa shape index (κ1) is 28.2. The normalized spacial score (nSPS) is 14.8. The zero-order valence-corrected chi connectivity index (χ0v) is 23.9. The van der Waals surface area contributed by atoms with Crippen LogP contribution in [0.15, 0.2) is 72.8 Å². The first-order valence-corrected chi connectivity index (χ1v) is 14.3. The second kappa shape index (κ2) is 12.5. The van der Waals surface area contributed by atoms with Gasteiger partial charge < -0.3 is 14.8 Å². The maximum absolute atomic E-state index is 13.9. The molecular formula is C31H31FN4O4S. The average Bonchev–Trinajstić information content (AvgIpc) is 3.33. The van der Waals surface area contributed by atoms with Crippen molar-refractivity contribution in [1.82, 2.24) is 15.1 Å². The molecule has 0 radical (unpaired) electrons. The molecule has 1 aliphatic rings. The number of aromatic nitrogens is 2. The van der Waals surface area contributed by atoms with Crippen LogP contribution in [0.5, 0.6) is 11.5 Å². The molecule has 41 heavy (non-hydrogen) atoms. The van der Waals surface area contributed by atoms with Crippen molar-refractivity contribution in [2.45, 2.75) is 18.6 Å². The van der Waals surface area contributed by atoms with Gasteiger partial charge in [0.1, 0.15) is 18.2 Å². The third-order valence-electron chi connectivity index (χ3n) is 6.79. The predicted octanol–water partition coefficient (Wildman–Crippen LogP) is 5.39. The first-order valence-electron chi connectivity index (χ1n) is 13.3. The Labute approximate surface area is 242 Å². The number of hydrogen-bond acceptors (Lipinski definition) is 6. The molecule has 0 aliphatic carbocycles. The lowest BCUT2D eigenvalue weighted by Gasteiger charge is -2.23. The van der Waals surface area contributed by atoms with Gasteiger partial charge >= 0.3 is 0 Å². The highest BCUT2D eigenvalue weighted by Gasteiger charge is 2.38. The Morgan fingerprint density at radius 2 is 1.78 bits per heavy atom. The molecule has 0 saturated carbocycles. The highest BCUT2D eigenvalue weighted by Crippen LogP contribution is 2.49. The van der Waals surface area contributed by atoms with Gasteiger partial charge in [0.25, 0.3) is 0 Å². The van der Waals surface area contributed by atoms with Crippen molar-refractivity contribution in [2.24, 2.45) is 0 Å². The van der Waals surface area contributed by atoms with E-state index in [1.165, 1.54) is 28.8 Å². The lowest BCUT2D eigenvalue weighted by atomic mass is 9.99. The van der Waals surface area contributed by atoms with Gasteiger partial charge in [-0.1, -0.05) is 43.3 Å². The maximum Gasteiger partial charge on any atom is 0.240 e. The summed E-state index contributed by atoms with van der Waals surface area (Å²) in [4.78, 5) is 28.2. The predicted molar refractivity (Wildman–Crippen MR) is 158 cm³/mol. The fourth-order valence-corrected chi connectivity index (χ4v) is 6.02. The molecule has 1 aliphatic heterocycles. The molecular weight excluding hydrogens is 543 g/mol. The van der Waals surface area contributed by atoms with Crippen LogP contribution < -0.4 is 19.7 Å². The fourth-order valence-electron chi connectivity index (χ4n) is 4.83.